The number of imidazole rings is 1. The first-order chi connectivity index (χ1) is 14.0. The molecule has 0 unspecified atom stereocenters. The Morgan fingerprint density at radius 3 is 2.72 bits per heavy atom. The smallest absolute Gasteiger partial charge is 0.258 e. The van der Waals surface area contributed by atoms with Gasteiger partial charge in [0.05, 0.1) is 24.7 Å². The molecule has 1 heterocycles. The average molecular weight is 418 g/mol. The molecule has 0 fully saturated rings. The van der Waals surface area contributed by atoms with E-state index in [-0.39, 0.29) is 18.3 Å². The third-order valence-corrected chi connectivity index (χ3v) is 5.00. The second-order valence-corrected chi connectivity index (χ2v) is 7.29. The average Bonchev–Trinajstić information content (AvgIpc) is 3.06. The molecule has 0 aliphatic rings. The van der Waals surface area contributed by atoms with Crippen molar-refractivity contribution in [1.82, 2.24) is 14.5 Å². The first-order valence-electron chi connectivity index (χ1n) is 9.76. The minimum absolute atomic E-state index is 0.193. The van der Waals surface area contributed by atoms with Gasteiger partial charge in [0, 0.05) is 18.1 Å². The lowest BCUT2D eigenvalue weighted by Crippen LogP contribution is -2.32. The van der Waals surface area contributed by atoms with Gasteiger partial charge in [-0.25, -0.2) is 9.37 Å². The van der Waals surface area contributed by atoms with Crippen molar-refractivity contribution < 1.29 is 13.9 Å². The van der Waals surface area contributed by atoms with E-state index in [0.717, 1.165) is 18.4 Å². The molecule has 3 aromatic rings. The largest absolute Gasteiger partial charge is 0.496 e. The van der Waals surface area contributed by atoms with Crippen LogP contribution in [-0.2, 0) is 13.1 Å². The molecule has 154 valence electrons. The summed E-state index contributed by atoms with van der Waals surface area (Å²) >= 11 is 6.11. The molecule has 29 heavy (non-hydrogen) atoms. The van der Waals surface area contributed by atoms with Gasteiger partial charge in [0.2, 0.25) is 0 Å². The highest BCUT2D eigenvalue weighted by Gasteiger charge is 2.23. The van der Waals surface area contributed by atoms with Crippen LogP contribution in [0.1, 0.15) is 42.9 Å². The number of amides is 1. The maximum absolute atomic E-state index is 14.3. The summed E-state index contributed by atoms with van der Waals surface area (Å²) < 4.78 is 21.6. The van der Waals surface area contributed by atoms with Crippen LogP contribution in [0.25, 0.3) is 11.0 Å². The maximum atomic E-state index is 14.3. The lowest BCUT2D eigenvalue weighted by atomic mass is 10.1. The summed E-state index contributed by atoms with van der Waals surface area (Å²) in [6.45, 7) is 5.57. The maximum Gasteiger partial charge on any atom is 0.258 e. The van der Waals surface area contributed by atoms with Gasteiger partial charge >= 0.3 is 0 Å². The van der Waals surface area contributed by atoms with E-state index in [1.807, 2.05) is 17.6 Å². The van der Waals surface area contributed by atoms with E-state index in [9.17, 15) is 9.18 Å². The molecule has 0 bridgehead atoms. The minimum Gasteiger partial charge on any atom is -0.496 e. The van der Waals surface area contributed by atoms with E-state index in [1.165, 1.54) is 13.2 Å². The van der Waals surface area contributed by atoms with Crippen molar-refractivity contribution in [2.45, 2.75) is 39.8 Å². The number of hydrogen-bond donors (Lipinski definition) is 0. The summed E-state index contributed by atoms with van der Waals surface area (Å²) in [6, 6.07) is 9.92. The van der Waals surface area contributed by atoms with Gasteiger partial charge in [0.1, 0.15) is 17.1 Å². The number of halogens is 2. The molecule has 1 aromatic heterocycles. The van der Waals surface area contributed by atoms with Gasteiger partial charge in [-0.3, -0.25) is 4.79 Å². The number of ether oxygens (including phenoxy) is 1. The van der Waals surface area contributed by atoms with E-state index < -0.39 is 0 Å². The number of aryl methyl sites for hydroxylation is 1. The molecular weight excluding hydrogens is 393 g/mol. The molecule has 0 atom stereocenters. The molecule has 1 amide bonds. The van der Waals surface area contributed by atoms with Crippen LogP contribution >= 0.6 is 11.6 Å². The molecule has 0 N–H and O–H groups in total. The number of nitrogens with zero attached hydrogens (tertiary/aromatic N) is 3. The summed E-state index contributed by atoms with van der Waals surface area (Å²) in [4.78, 5) is 19.5. The topological polar surface area (TPSA) is 47.4 Å². The third kappa shape index (κ3) is 4.37. The van der Waals surface area contributed by atoms with Crippen LogP contribution in [0.15, 0.2) is 36.4 Å². The molecule has 5 nitrogen and oxygen atoms in total. The Hall–Kier alpha value is -2.60. The molecule has 7 heteroatoms. The predicted molar refractivity (Wildman–Crippen MR) is 113 cm³/mol. The Morgan fingerprint density at radius 2 is 2.03 bits per heavy atom. The van der Waals surface area contributed by atoms with Crippen molar-refractivity contribution in [3.8, 4) is 5.75 Å². The molecule has 2 aromatic carbocycles. The van der Waals surface area contributed by atoms with Crippen LogP contribution in [0, 0.1) is 5.82 Å². The Bertz CT molecular complexity index is 1020. The van der Waals surface area contributed by atoms with Gasteiger partial charge < -0.3 is 14.2 Å². The van der Waals surface area contributed by atoms with Crippen LogP contribution in [0.3, 0.4) is 0 Å². The highest BCUT2D eigenvalue weighted by atomic mass is 35.5. The van der Waals surface area contributed by atoms with Gasteiger partial charge in [-0.2, -0.15) is 0 Å². The van der Waals surface area contributed by atoms with Crippen LogP contribution in [0.4, 0.5) is 4.39 Å². The minimum atomic E-state index is -0.358. The third-order valence-electron chi connectivity index (χ3n) is 4.76. The van der Waals surface area contributed by atoms with Crippen molar-refractivity contribution in [3.05, 3.63) is 58.6 Å². The Labute approximate surface area is 175 Å². The second kappa shape index (κ2) is 9.27. The van der Waals surface area contributed by atoms with E-state index >= 15 is 0 Å². The zero-order valence-electron chi connectivity index (χ0n) is 16.9. The Balaban J connectivity index is 2.01. The number of fused-ring (bicyclic) bond motifs is 1. The number of rotatable bonds is 8. The van der Waals surface area contributed by atoms with Gasteiger partial charge in [-0.1, -0.05) is 31.5 Å². The first kappa shape index (κ1) is 21.1. The molecule has 0 saturated carbocycles. The number of hydrogen-bond acceptors (Lipinski definition) is 3. The number of carbonyl (C=O) groups excluding carboxylic acids is 1. The molecule has 0 aliphatic carbocycles. The summed E-state index contributed by atoms with van der Waals surface area (Å²) in [5, 5.41) is 0.464. The van der Waals surface area contributed by atoms with Gasteiger partial charge in [-0.05, 0) is 43.2 Å². The zero-order chi connectivity index (χ0) is 21.0. The zero-order valence-corrected chi connectivity index (χ0v) is 17.7. The monoisotopic (exact) mass is 417 g/mol. The van der Waals surface area contributed by atoms with Crippen LogP contribution in [0.5, 0.6) is 5.75 Å². The van der Waals surface area contributed by atoms with Gasteiger partial charge in [0.15, 0.2) is 5.82 Å². The van der Waals surface area contributed by atoms with Crippen molar-refractivity contribution in [3.63, 3.8) is 0 Å². The fraction of sp³-hybridized carbons (Fsp3) is 0.364. The standard InChI is InChI=1S/C22H25ClFN3O2/c1-4-11-26(22(28)16-13-15(23)9-10-19(16)29-3)14-20-25-21-17(24)7-6-8-18(21)27(20)12-5-2/h6-10,13H,4-5,11-12,14H2,1-3H3. The number of aromatic nitrogens is 2. The molecule has 3 rings (SSSR count). The van der Waals surface area contributed by atoms with E-state index in [2.05, 4.69) is 11.9 Å². The lowest BCUT2D eigenvalue weighted by molar-refractivity contribution is 0.0734. The van der Waals surface area contributed by atoms with Crippen LogP contribution < -0.4 is 4.74 Å². The normalized spacial score (nSPS) is 11.1. The first-order valence-corrected chi connectivity index (χ1v) is 10.1. The molecular formula is C22H25ClFN3O2. The second-order valence-electron chi connectivity index (χ2n) is 6.86. The van der Waals surface area contributed by atoms with E-state index in [1.54, 1.807) is 29.2 Å². The Morgan fingerprint density at radius 1 is 1.24 bits per heavy atom. The highest BCUT2D eigenvalue weighted by Crippen LogP contribution is 2.26. The molecule has 0 spiro atoms. The lowest BCUT2D eigenvalue weighted by Gasteiger charge is -2.23. The molecule has 0 aliphatic heterocycles. The van der Waals surface area contributed by atoms with Gasteiger partial charge in [-0.15, -0.1) is 0 Å². The Kier molecular flexibility index (Phi) is 6.75. The van der Waals surface area contributed by atoms with Crippen LogP contribution in [0.2, 0.25) is 5.02 Å². The number of carbonyl (C=O) groups is 1. The quantitative estimate of drug-likeness (QED) is 0.499. The summed E-state index contributed by atoms with van der Waals surface area (Å²) in [5.41, 5.74) is 1.48. The fourth-order valence-corrected chi connectivity index (χ4v) is 3.64. The summed E-state index contributed by atoms with van der Waals surface area (Å²) in [6.07, 6.45) is 1.65. The summed E-state index contributed by atoms with van der Waals surface area (Å²) in [5.74, 6) is 0.577. The van der Waals surface area contributed by atoms with E-state index in [0.29, 0.717) is 40.8 Å². The predicted octanol–water partition coefficient (Wildman–Crippen LogP) is 5.30. The van der Waals surface area contributed by atoms with Gasteiger partial charge in [0.25, 0.3) is 5.91 Å². The van der Waals surface area contributed by atoms with Crippen molar-refractivity contribution in [2.75, 3.05) is 13.7 Å². The van der Waals surface area contributed by atoms with E-state index in [4.69, 9.17) is 16.3 Å². The SMILES string of the molecule is CCCN(Cc1nc2c(F)cccc2n1CCC)C(=O)c1cc(Cl)ccc1OC. The molecule has 0 saturated heterocycles. The van der Waals surface area contributed by atoms with Crippen LogP contribution in [-0.4, -0.2) is 34.0 Å². The van der Waals surface area contributed by atoms with Crippen molar-refractivity contribution in [1.29, 1.82) is 0 Å². The van der Waals surface area contributed by atoms with Crippen molar-refractivity contribution in [2.24, 2.45) is 0 Å². The number of methoxy groups -OCH3 is 1. The highest BCUT2D eigenvalue weighted by molar-refractivity contribution is 6.31. The van der Waals surface area contributed by atoms with Crippen molar-refractivity contribution >= 4 is 28.5 Å². The number of para-hydroxylation sites is 1. The number of benzene rings is 2. The summed E-state index contributed by atoms with van der Waals surface area (Å²) in [7, 11) is 1.52. The fourth-order valence-electron chi connectivity index (χ4n) is 3.47. The molecule has 0 radical (unpaired) electrons.